The van der Waals surface area contributed by atoms with Gasteiger partial charge in [-0.3, -0.25) is 0 Å². The third kappa shape index (κ3) is 2.48. The summed E-state index contributed by atoms with van der Waals surface area (Å²) in [6.07, 6.45) is 3.26. The molecule has 3 nitrogen and oxygen atoms in total. The second-order valence-electron chi connectivity index (χ2n) is 5.29. The zero-order chi connectivity index (χ0) is 14.9. The lowest BCUT2D eigenvalue weighted by Crippen LogP contribution is -2.02. The van der Waals surface area contributed by atoms with Gasteiger partial charge in [0.1, 0.15) is 0 Å². The van der Waals surface area contributed by atoms with Crippen molar-refractivity contribution in [3.63, 3.8) is 0 Å². The fraction of sp³-hybridized carbons (Fsp3) is 0.353. The van der Waals surface area contributed by atoms with E-state index in [0.29, 0.717) is 5.56 Å². The molecule has 1 N–H and O–H groups in total. The molecular weight excluding hydrogens is 250 g/mol. The number of allylic oxidation sites excluding steroid dienone is 2. The first kappa shape index (κ1) is 14.4. The number of carboxylic acid groups (broad SMARTS) is 1. The third-order valence-electron chi connectivity index (χ3n) is 3.85. The van der Waals surface area contributed by atoms with Gasteiger partial charge in [-0.15, -0.1) is 0 Å². The lowest BCUT2D eigenvalue weighted by atomic mass is 10.1. The molecule has 2 aromatic rings. The summed E-state index contributed by atoms with van der Waals surface area (Å²) in [5.74, 6) is -0.876. The van der Waals surface area contributed by atoms with Gasteiger partial charge in [0.25, 0.3) is 0 Å². The maximum atomic E-state index is 11.1. The minimum Gasteiger partial charge on any atom is -0.478 e. The summed E-state index contributed by atoms with van der Waals surface area (Å²) in [5, 5.41) is 10.1. The highest BCUT2D eigenvalue weighted by Crippen LogP contribution is 2.27. The summed E-state index contributed by atoms with van der Waals surface area (Å²) in [6, 6.07) is 5.37. The van der Waals surface area contributed by atoms with Crippen molar-refractivity contribution in [2.45, 2.75) is 40.7 Å². The van der Waals surface area contributed by atoms with Crippen molar-refractivity contribution in [3.05, 3.63) is 46.7 Å². The standard InChI is InChI=1S/C17H21NO2/c1-5-6-11(2)10-18-13(4)12(3)15-9-14(17(19)20)7-8-16(15)18/h6-9H,5,10H2,1-4H3,(H,19,20)/b11-6+. The van der Waals surface area contributed by atoms with E-state index < -0.39 is 5.97 Å². The molecule has 0 amide bonds. The molecule has 106 valence electrons. The van der Waals surface area contributed by atoms with Crippen LogP contribution >= 0.6 is 0 Å². The van der Waals surface area contributed by atoms with Crippen LogP contribution in [-0.4, -0.2) is 15.6 Å². The van der Waals surface area contributed by atoms with Gasteiger partial charge in [0.2, 0.25) is 0 Å². The fourth-order valence-electron chi connectivity index (χ4n) is 2.65. The van der Waals surface area contributed by atoms with Crippen LogP contribution in [0.3, 0.4) is 0 Å². The van der Waals surface area contributed by atoms with Crippen molar-refractivity contribution in [1.82, 2.24) is 4.57 Å². The Bertz CT molecular complexity index is 693. The summed E-state index contributed by atoms with van der Waals surface area (Å²) in [7, 11) is 0. The summed E-state index contributed by atoms with van der Waals surface area (Å²) in [5.41, 5.74) is 5.14. The number of aromatic nitrogens is 1. The monoisotopic (exact) mass is 271 g/mol. The number of hydrogen-bond acceptors (Lipinski definition) is 1. The van der Waals surface area contributed by atoms with Gasteiger partial charge in [-0.25, -0.2) is 4.79 Å². The predicted molar refractivity (Wildman–Crippen MR) is 82.4 cm³/mol. The number of hydrogen-bond donors (Lipinski definition) is 1. The van der Waals surface area contributed by atoms with Gasteiger partial charge in [0.05, 0.1) is 5.56 Å². The Morgan fingerprint density at radius 3 is 2.65 bits per heavy atom. The van der Waals surface area contributed by atoms with Crippen molar-refractivity contribution < 1.29 is 9.90 Å². The predicted octanol–water partition coefficient (Wildman–Crippen LogP) is 4.31. The molecule has 0 aliphatic heterocycles. The Hall–Kier alpha value is -2.03. The van der Waals surface area contributed by atoms with Crippen molar-refractivity contribution >= 4 is 16.9 Å². The van der Waals surface area contributed by atoms with E-state index in [1.54, 1.807) is 12.1 Å². The van der Waals surface area contributed by atoms with E-state index in [9.17, 15) is 4.79 Å². The summed E-state index contributed by atoms with van der Waals surface area (Å²) < 4.78 is 2.26. The van der Waals surface area contributed by atoms with Crippen LogP contribution in [0.5, 0.6) is 0 Å². The normalized spacial score (nSPS) is 12.1. The molecule has 0 spiro atoms. The molecule has 0 aliphatic rings. The van der Waals surface area contributed by atoms with Gasteiger partial charge in [-0.05, 0) is 51.0 Å². The minimum absolute atomic E-state index is 0.346. The second-order valence-corrected chi connectivity index (χ2v) is 5.29. The topological polar surface area (TPSA) is 42.2 Å². The number of fused-ring (bicyclic) bond motifs is 1. The first-order valence-electron chi connectivity index (χ1n) is 6.94. The number of benzene rings is 1. The molecule has 0 aliphatic carbocycles. The van der Waals surface area contributed by atoms with E-state index in [-0.39, 0.29) is 0 Å². The van der Waals surface area contributed by atoms with Gasteiger partial charge in [0, 0.05) is 23.1 Å². The summed E-state index contributed by atoms with van der Waals surface area (Å²) in [4.78, 5) is 11.1. The molecule has 0 radical (unpaired) electrons. The van der Waals surface area contributed by atoms with E-state index in [2.05, 4.69) is 38.3 Å². The van der Waals surface area contributed by atoms with Gasteiger partial charge >= 0.3 is 5.97 Å². The Balaban J connectivity index is 2.59. The highest BCUT2D eigenvalue weighted by Gasteiger charge is 2.13. The third-order valence-corrected chi connectivity index (χ3v) is 3.85. The number of aryl methyl sites for hydroxylation is 1. The molecule has 1 aromatic carbocycles. The van der Waals surface area contributed by atoms with Gasteiger partial charge < -0.3 is 9.67 Å². The molecule has 0 atom stereocenters. The van der Waals surface area contributed by atoms with E-state index >= 15 is 0 Å². The average Bonchev–Trinajstić information content (AvgIpc) is 2.64. The maximum absolute atomic E-state index is 11.1. The summed E-state index contributed by atoms with van der Waals surface area (Å²) >= 11 is 0. The first-order chi connectivity index (χ1) is 9.45. The highest BCUT2D eigenvalue weighted by atomic mass is 16.4. The minimum atomic E-state index is -0.876. The van der Waals surface area contributed by atoms with Crippen LogP contribution in [0.25, 0.3) is 10.9 Å². The Labute approximate surface area is 119 Å². The van der Waals surface area contributed by atoms with Crippen LogP contribution in [0.2, 0.25) is 0 Å². The molecule has 3 heteroatoms. The van der Waals surface area contributed by atoms with Crippen LogP contribution in [-0.2, 0) is 6.54 Å². The van der Waals surface area contributed by atoms with Crippen molar-refractivity contribution in [3.8, 4) is 0 Å². The number of rotatable bonds is 4. The lowest BCUT2D eigenvalue weighted by molar-refractivity contribution is 0.0697. The van der Waals surface area contributed by atoms with Crippen LogP contribution in [0.1, 0.15) is 41.9 Å². The van der Waals surface area contributed by atoms with Crippen molar-refractivity contribution in [1.29, 1.82) is 0 Å². The van der Waals surface area contributed by atoms with Crippen LogP contribution in [0.15, 0.2) is 29.8 Å². The molecular formula is C17H21NO2. The molecule has 1 aromatic heterocycles. The van der Waals surface area contributed by atoms with Gasteiger partial charge in [0.15, 0.2) is 0 Å². The smallest absolute Gasteiger partial charge is 0.335 e. The number of carboxylic acids is 1. The largest absolute Gasteiger partial charge is 0.478 e. The van der Waals surface area contributed by atoms with E-state index in [4.69, 9.17) is 5.11 Å². The number of nitrogens with zero attached hydrogens (tertiary/aromatic N) is 1. The molecule has 0 unspecified atom stereocenters. The van der Waals surface area contributed by atoms with Crippen molar-refractivity contribution in [2.75, 3.05) is 0 Å². The van der Waals surface area contributed by atoms with Crippen LogP contribution in [0, 0.1) is 13.8 Å². The highest BCUT2D eigenvalue weighted by molar-refractivity contribution is 5.95. The molecule has 0 saturated heterocycles. The van der Waals surface area contributed by atoms with E-state index in [1.807, 2.05) is 6.07 Å². The van der Waals surface area contributed by atoms with E-state index in [1.165, 1.54) is 11.3 Å². The van der Waals surface area contributed by atoms with Crippen LogP contribution < -0.4 is 0 Å². The maximum Gasteiger partial charge on any atom is 0.335 e. The lowest BCUT2D eigenvalue weighted by Gasteiger charge is -2.09. The quantitative estimate of drug-likeness (QED) is 0.842. The summed E-state index contributed by atoms with van der Waals surface area (Å²) in [6.45, 7) is 9.27. The van der Waals surface area contributed by atoms with E-state index in [0.717, 1.165) is 29.4 Å². The molecule has 0 bridgehead atoms. The number of aromatic carboxylic acids is 1. The number of carbonyl (C=O) groups is 1. The molecule has 0 fully saturated rings. The van der Waals surface area contributed by atoms with Crippen molar-refractivity contribution in [2.24, 2.45) is 0 Å². The first-order valence-corrected chi connectivity index (χ1v) is 6.94. The van der Waals surface area contributed by atoms with Gasteiger partial charge in [-0.1, -0.05) is 18.6 Å². The Morgan fingerprint density at radius 1 is 1.35 bits per heavy atom. The van der Waals surface area contributed by atoms with Gasteiger partial charge in [-0.2, -0.15) is 0 Å². The second kappa shape index (κ2) is 5.53. The van der Waals surface area contributed by atoms with Crippen LogP contribution in [0.4, 0.5) is 0 Å². The zero-order valence-electron chi connectivity index (χ0n) is 12.5. The average molecular weight is 271 g/mol. The Morgan fingerprint density at radius 2 is 2.05 bits per heavy atom. The molecule has 1 heterocycles. The Kier molecular flexibility index (Phi) is 3.98. The molecule has 2 rings (SSSR count). The molecule has 20 heavy (non-hydrogen) atoms. The SMILES string of the molecule is CC/C=C(\C)Cn1c(C)c(C)c2cc(C(=O)O)ccc21. The fourth-order valence-corrected chi connectivity index (χ4v) is 2.65. The zero-order valence-corrected chi connectivity index (χ0v) is 12.5. The molecule has 0 saturated carbocycles.